The molecule has 1 atom stereocenters. The number of aromatic nitrogens is 4. The van der Waals surface area contributed by atoms with Gasteiger partial charge in [0.1, 0.15) is 5.82 Å². The van der Waals surface area contributed by atoms with E-state index in [4.69, 9.17) is 11.6 Å². The molecule has 1 fully saturated rings. The Hall–Kier alpha value is -2.80. The third-order valence-electron chi connectivity index (χ3n) is 4.86. The summed E-state index contributed by atoms with van der Waals surface area (Å²) in [5.74, 6) is -0.0876. The van der Waals surface area contributed by atoms with Crippen molar-refractivity contribution >= 4 is 23.3 Å². The number of rotatable bonds is 4. The Morgan fingerprint density at radius 2 is 2.15 bits per heavy atom. The summed E-state index contributed by atoms with van der Waals surface area (Å²) < 4.78 is 13.6. The van der Waals surface area contributed by atoms with E-state index in [-0.39, 0.29) is 17.0 Å². The average molecular weight is 386 g/mol. The van der Waals surface area contributed by atoms with E-state index >= 15 is 0 Å². The fourth-order valence-electron chi connectivity index (χ4n) is 3.45. The molecular formula is C19H17ClFN5O. The fraction of sp³-hybridized carbons (Fsp3) is 0.263. The van der Waals surface area contributed by atoms with Crippen molar-refractivity contribution < 1.29 is 9.18 Å². The highest BCUT2D eigenvalue weighted by Crippen LogP contribution is 2.32. The van der Waals surface area contributed by atoms with Crippen LogP contribution in [0.2, 0.25) is 5.15 Å². The molecule has 8 heteroatoms. The molecule has 4 heterocycles. The van der Waals surface area contributed by atoms with Crippen LogP contribution in [0.1, 0.15) is 17.5 Å². The second-order valence-electron chi connectivity index (χ2n) is 6.58. The van der Waals surface area contributed by atoms with Gasteiger partial charge in [-0.15, -0.1) is 0 Å². The van der Waals surface area contributed by atoms with Crippen LogP contribution in [0.5, 0.6) is 0 Å². The van der Waals surface area contributed by atoms with Crippen molar-refractivity contribution in [2.24, 2.45) is 5.92 Å². The maximum atomic E-state index is 13.6. The summed E-state index contributed by atoms with van der Waals surface area (Å²) in [6.07, 6.45) is 6.05. The van der Waals surface area contributed by atoms with Gasteiger partial charge in [-0.1, -0.05) is 11.6 Å². The van der Waals surface area contributed by atoms with Gasteiger partial charge in [0, 0.05) is 42.2 Å². The van der Waals surface area contributed by atoms with Crippen LogP contribution in [0.15, 0.2) is 36.8 Å². The minimum atomic E-state index is -0.567. The van der Waals surface area contributed by atoms with Crippen LogP contribution in [0, 0.1) is 18.7 Å². The van der Waals surface area contributed by atoms with Crippen LogP contribution >= 0.6 is 11.6 Å². The number of halogens is 2. The van der Waals surface area contributed by atoms with Gasteiger partial charge in [0.2, 0.25) is 5.91 Å². The first-order valence-corrected chi connectivity index (χ1v) is 8.99. The minimum absolute atomic E-state index is 0.00149. The molecule has 3 aromatic rings. The zero-order valence-corrected chi connectivity index (χ0v) is 15.4. The Kier molecular flexibility index (Phi) is 4.61. The Bertz CT molecular complexity index is 991. The monoisotopic (exact) mass is 385 g/mol. The second-order valence-corrected chi connectivity index (χ2v) is 6.94. The number of nitrogens with zero attached hydrogens (tertiary/aromatic N) is 4. The number of nitrogens with one attached hydrogen (secondary N) is 1. The molecule has 1 saturated heterocycles. The number of hydrogen-bond acceptors (Lipinski definition) is 4. The molecule has 0 spiro atoms. The highest BCUT2D eigenvalue weighted by Gasteiger charge is 2.34. The normalized spacial score (nSPS) is 16.9. The molecule has 3 aromatic heterocycles. The van der Waals surface area contributed by atoms with Crippen LogP contribution < -0.4 is 4.90 Å². The Labute approximate surface area is 160 Å². The number of hydrogen-bond donors (Lipinski definition) is 1. The average Bonchev–Trinajstić information content (AvgIpc) is 3.22. The molecule has 0 radical (unpaired) electrons. The molecule has 138 valence electrons. The quantitative estimate of drug-likeness (QED) is 0.697. The van der Waals surface area contributed by atoms with Crippen molar-refractivity contribution in [3.05, 3.63) is 58.9 Å². The number of H-pyrrole nitrogens is 1. The lowest BCUT2D eigenvalue weighted by atomic mass is 9.99. The van der Waals surface area contributed by atoms with Gasteiger partial charge >= 0.3 is 0 Å². The molecule has 6 nitrogen and oxygen atoms in total. The first kappa shape index (κ1) is 17.6. The van der Waals surface area contributed by atoms with Crippen molar-refractivity contribution in [1.82, 2.24) is 20.2 Å². The first-order valence-electron chi connectivity index (χ1n) is 8.61. The molecule has 0 saturated carbocycles. The van der Waals surface area contributed by atoms with E-state index in [1.54, 1.807) is 17.3 Å². The fourth-order valence-corrected chi connectivity index (χ4v) is 3.55. The summed E-state index contributed by atoms with van der Waals surface area (Å²) in [6, 6.07) is 5.10. The summed E-state index contributed by atoms with van der Waals surface area (Å²) in [5, 5.41) is 7.21. The van der Waals surface area contributed by atoms with Crippen LogP contribution in [-0.2, 0) is 11.2 Å². The van der Waals surface area contributed by atoms with E-state index in [0.717, 1.165) is 16.8 Å². The van der Waals surface area contributed by atoms with Gasteiger partial charge in [-0.05, 0) is 43.5 Å². The number of anilines is 1. The molecule has 0 aliphatic carbocycles. The van der Waals surface area contributed by atoms with Crippen LogP contribution in [0.4, 0.5) is 10.2 Å². The predicted octanol–water partition coefficient (Wildman–Crippen LogP) is 3.56. The highest BCUT2D eigenvalue weighted by molar-refractivity contribution is 6.29. The summed E-state index contributed by atoms with van der Waals surface area (Å²) in [6.45, 7) is 2.53. The Morgan fingerprint density at radius 1 is 1.37 bits per heavy atom. The minimum Gasteiger partial charge on any atom is -0.297 e. The zero-order chi connectivity index (χ0) is 19.0. The number of carbonyl (C=O) groups excluding carboxylic acids is 1. The van der Waals surface area contributed by atoms with Gasteiger partial charge in [-0.2, -0.15) is 5.10 Å². The topological polar surface area (TPSA) is 74.8 Å². The molecule has 0 bridgehead atoms. The number of carbonyl (C=O) groups is 1. The van der Waals surface area contributed by atoms with Gasteiger partial charge in [0.05, 0.1) is 5.69 Å². The third kappa shape index (κ3) is 3.30. The van der Waals surface area contributed by atoms with E-state index in [0.29, 0.717) is 30.8 Å². The molecule has 0 unspecified atom stereocenters. The van der Waals surface area contributed by atoms with Gasteiger partial charge in [-0.3, -0.25) is 19.8 Å². The molecule has 27 heavy (non-hydrogen) atoms. The summed E-state index contributed by atoms with van der Waals surface area (Å²) >= 11 is 5.62. The Morgan fingerprint density at radius 3 is 2.89 bits per heavy atom. The van der Waals surface area contributed by atoms with Crippen molar-refractivity contribution in [3.63, 3.8) is 0 Å². The van der Waals surface area contributed by atoms with Crippen molar-refractivity contribution in [1.29, 1.82) is 0 Å². The SMILES string of the molecule is Cc1c(-c2ccncc2)n[nH]c1N1CC[C@H](Cc2cnc(Cl)c(F)c2)C1=O. The van der Waals surface area contributed by atoms with E-state index in [1.807, 2.05) is 19.1 Å². The lowest BCUT2D eigenvalue weighted by Gasteiger charge is -2.16. The van der Waals surface area contributed by atoms with Crippen molar-refractivity contribution in [3.8, 4) is 11.3 Å². The number of pyridine rings is 2. The summed E-state index contributed by atoms with van der Waals surface area (Å²) in [5.41, 5.74) is 3.31. The van der Waals surface area contributed by atoms with Gasteiger partial charge in [0.25, 0.3) is 0 Å². The first-order chi connectivity index (χ1) is 13.0. The standard InChI is InChI=1S/C19H17ClFN5O/c1-11-16(13-2-5-22-6-3-13)24-25-18(11)26-7-4-14(19(26)27)8-12-9-15(21)17(20)23-10-12/h2-3,5-6,9-10,14H,4,7-8H2,1H3,(H,24,25)/t14-/m1/s1. The van der Waals surface area contributed by atoms with E-state index < -0.39 is 5.82 Å². The van der Waals surface area contributed by atoms with Crippen molar-refractivity contribution in [2.45, 2.75) is 19.8 Å². The summed E-state index contributed by atoms with van der Waals surface area (Å²) in [4.78, 5) is 22.4. The molecule has 1 aliphatic heterocycles. The van der Waals surface area contributed by atoms with E-state index in [1.165, 1.54) is 12.3 Å². The lowest BCUT2D eigenvalue weighted by Crippen LogP contribution is -2.28. The van der Waals surface area contributed by atoms with Crippen molar-refractivity contribution in [2.75, 3.05) is 11.4 Å². The maximum Gasteiger partial charge on any atom is 0.231 e. The van der Waals surface area contributed by atoms with E-state index in [2.05, 4.69) is 20.2 Å². The molecule has 0 aromatic carbocycles. The third-order valence-corrected chi connectivity index (χ3v) is 5.14. The largest absolute Gasteiger partial charge is 0.297 e. The predicted molar refractivity (Wildman–Crippen MR) is 99.9 cm³/mol. The van der Waals surface area contributed by atoms with Gasteiger partial charge in [-0.25, -0.2) is 9.37 Å². The van der Waals surface area contributed by atoms with Gasteiger partial charge < -0.3 is 0 Å². The molecule has 1 N–H and O–H groups in total. The lowest BCUT2D eigenvalue weighted by molar-refractivity contribution is -0.120. The maximum absolute atomic E-state index is 13.6. The zero-order valence-electron chi connectivity index (χ0n) is 14.6. The highest BCUT2D eigenvalue weighted by atomic mass is 35.5. The smallest absolute Gasteiger partial charge is 0.231 e. The van der Waals surface area contributed by atoms with Crippen LogP contribution in [-0.4, -0.2) is 32.6 Å². The summed E-state index contributed by atoms with van der Waals surface area (Å²) in [7, 11) is 0. The number of aromatic amines is 1. The molecule has 4 rings (SSSR count). The Balaban J connectivity index is 1.54. The van der Waals surface area contributed by atoms with Crippen LogP contribution in [0.3, 0.4) is 0 Å². The molecule has 1 aliphatic rings. The molecular weight excluding hydrogens is 369 g/mol. The van der Waals surface area contributed by atoms with Gasteiger partial charge in [0.15, 0.2) is 11.0 Å². The van der Waals surface area contributed by atoms with Crippen LogP contribution in [0.25, 0.3) is 11.3 Å². The molecule has 1 amide bonds. The van der Waals surface area contributed by atoms with E-state index in [9.17, 15) is 9.18 Å². The second kappa shape index (κ2) is 7.08. The number of amides is 1.